The fourth-order valence-electron chi connectivity index (χ4n) is 3.12. The Morgan fingerprint density at radius 1 is 1.05 bits per heavy atom. The Morgan fingerprint density at radius 3 is 2.53 bits per heavy atom. The molecule has 3 rings (SSSR count). The molecule has 2 aliphatic rings. The molecule has 19 heavy (non-hydrogen) atoms. The van der Waals surface area contributed by atoms with E-state index in [1.807, 2.05) is 12.1 Å². The molecule has 1 N–H and O–H groups in total. The number of nitrogens with zero attached hydrogens (tertiary/aromatic N) is 1. The molecule has 0 aromatic heterocycles. The Bertz CT molecular complexity index is 458. The maximum atomic E-state index is 13.0. The van der Waals surface area contributed by atoms with E-state index in [0.717, 1.165) is 39.1 Å². The minimum absolute atomic E-state index is 0.147. The first-order valence-corrected chi connectivity index (χ1v) is 7.23. The summed E-state index contributed by atoms with van der Waals surface area (Å²) < 4.78 is 13.0. The number of piperazine rings is 1. The summed E-state index contributed by atoms with van der Waals surface area (Å²) in [6.45, 7) is 5.56. The van der Waals surface area contributed by atoms with Crippen LogP contribution in [0, 0.1) is 5.82 Å². The first kappa shape index (κ1) is 12.8. The molecule has 0 radical (unpaired) electrons. The van der Waals surface area contributed by atoms with Crippen molar-refractivity contribution < 1.29 is 4.39 Å². The molecular weight excluding hydrogens is 239 g/mol. The average molecular weight is 260 g/mol. The van der Waals surface area contributed by atoms with E-state index in [-0.39, 0.29) is 5.82 Å². The molecular formula is C16H21FN2. The van der Waals surface area contributed by atoms with Gasteiger partial charge in [0.2, 0.25) is 0 Å². The fourth-order valence-corrected chi connectivity index (χ4v) is 3.12. The molecule has 1 aliphatic heterocycles. The zero-order chi connectivity index (χ0) is 13.1. The van der Waals surface area contributed by atoms with Crippen LogP contribution in [0.3, 0.4) is 0 Å². The minimum atomic E-state index is -0.147. The van der Waals surface area contributed by atoms with Crippen LogP contribution in [-0.2, 0) is 0 Å². The average Bonchev–Trinajstić information content (AvgIpc) is 2.89. The number of hydrogen-bond acceptors (Lipinski definition) is 2. The molecule has 1 aliphatic carbocycles. The molecule has 3 heteroatoms. The van der Waals surface area contributed by atoms with Crippen molar-refractivity contribution >= 4 is 5.57 Å². The second-order valence-electron chi connectivity index (χ2n) is 5.47. The van der Waals surface area contributed by atoms with Crippen LogP contribution >= 0.6 is 0 Å². The van der Waals surface area contributed by atoms with Crippen LogP contribution in [0.15, 0.2) is 29.8 Å². The fraction of sp³-hybridized carbons (Fsp3) is 0.500. The molecule has 1 heterocycles. The van der Waals surface area contributed by atoms with Gasteiger partial charge in [0.05, 0.1) is 0 Å². The highest BCUT2D eigenvalue weighted by Gasteiger charge is 2.19. The minimum Gasteiger partial charge on any atom is -0.314 e. The molecule has 0 saturated carbocycles. The summed E-state index contributed by atoms with van der Waals surface area (Å²) >= 11 is 0. The van der Waals surface area contributed by atoms with Gasteiger partial charge in [-0.15, -0.1) is 0 Å². The van der Waals surface area contributed by atoms with Crippen molar-refractivity contribution in [3.63, 3.8) is 0 Å². The van der Waals surface area contributed by atoms with Gasteiger partial charge in [-0.05, 0) is 42.5 Å². The second-order valence-corrected chi connectivity index (χ2v) is 5.47. The number of nitrogens with one attached hydrogen (secondary N) is 1. The van der Waals surface area contributed by atoms with E-state index in [1.165, 1.54) is 24.0 Å². The van der Waals surface area contributed by atoms with E-state index in [1.54, 1.807) is 17.7 Å². The van der Waals surface area contributed by atoms with Crippen molar-refractivity contribution in [1.82, 2.24) is 10.2 Å². The predicted molar refractivity (Wildman–Crippen MR) is 76.5 cm³/mol. The second kappa shape index (κ2) is 5.85. The normalized spacial score (nSPS) is 21.1. The summed E-state index contributed by atoms with van der Waals surface area (Å²) in [7, 11) is 0. The number of rotatable bonds is 3. The Morgan fingerprint density at radius 2 is 1.79 bits per heavy atom. The standard InChI is InChI=1S/C16H21FN2/c17-15-6-4-13(5-7-15)16-3-1-2-14(16)12-19-10-8-18-9-11-19/h4-7,18H,1-3,8-12H2. The van der Waals surface area contributed by atoms with E-state index in [2.05, 4.69) is 10.2 Å². The lowest BCUT2D eigenvalue weighted by Gasteiger charge is -2.28. The van der Waals surface area contributed by atoms with Crippen LogP contribution in [0.25, 0.3) is 5.57 Å². The van der Waals surface area contributed by atoms with Crippen molar-refractivity contribution in [3.8, 4) is 0 Å². The first-order valence-electron chi connectivity index (χ1n) is 7.23. The monoisotopic (exact) mass is 260 g/mol. The van der Waals surface area contributed by atoms with E-state index < -0.39 is 0 Å². The molecule has 1 saturated heterocycles. The molecule has 1 aromatic carbocycles. The van der Waals surface area contributed by atoms with E-state index in [9.17, 15) is 4.39 Å². The predicted octanol–water partition coefficient (Wildman–Crippen LogP) is 2.67. The molecule has 0 unspecified atom stereocenters. The lowest BCUT2D eigenvalue weighted by Crippen LogP contribution is -2.44. The molecule has 102 valence electrons. The molecule has 0 amide bonds. The van der Waals surface area contributed by atoms with Gasteiger partial charge < -0.3 is 5.32 Å². The molecule has 0 bridgehead atoms. The van der Waals surface area contributed by atoms with E-state index in [4.69, 9.17) is 0 Å². The summed E-state index contributed by atoms with van der Waals surface area (Å²) in [6.07, 6.45) is 3.60. The first-order chi connectivity index (χ1) is 9.33. The van der Waals surface area contributed by atoms with Crippen molar-refractivity contribution in [2.24, 2.45) is 0 Å². The van der Waals surface area contributed by atoms with Gasteiger partial charge in [0.1, 0.15) is 5.82 Å². The van der Waals surface area contributed by atoms with Crippen molar-refractivity contribution in [3.05, 3.63) is 41.2 Å². The molecule has 0 spiro atoms. The highest BCUT2D eigenvalue weighted by Crippen LogP contribution is 2.34. The highest BCUT2D eigenvalue weighted by molar-refractivity contribution is 5.70. The molecule has 0 atom stereocenters. The third-order valence-corrected chi connectivity index (χ3v) is 4.15. The maximum absolute atomic E-state index is 13.0. The van der Waals surface area contributed by atoms with Gasteiger partial charge in [-0.1, -0.05) is 17.7 Å². The zero-order valence-corrected chi connectivity index (χ0v) is 11.3. The maximum Gasteiger partial charge on any atom is 0.123 e. The quantitative estimate of drug-likeness (QED) is 0.899. The number of allylic oxidation sites excluding steroid dienone is 1. The lowest BCUT2D eigenvalue weighted by molar-refractivity contribution is 0.258. The lowest BCUT2D eigenvalue weighted by atomic mass is 10.0. The smallest absolute Gasteiger partial charge is 0.123 e. The summed E-state index contributed by atoms with van der Waals surface area (Å²) in [5.74, 6) is -0.147. The Labute approximate surface area is 114 Å². The number of hydrogen-bond donors (Lipinski definition) is 1. The van der Waals surface area contributed by atoms with Gasteiger partial charge in [-0.25, -0.2) is 4.39 Å². The Kier molecular flexibility index (Phi) is 3.95. The summed E-state index contributed by atoms with van der Waals surface area (Å²) in [4.78, 5) is 2.53. The summed E-state index contributed by atoms with van der Waals surface area (Å²) in [6, 6.07) is 6.99. The van der Waals surface area contributed by atoms with Crippen LogP contribution in [0.1, 0.15) is 24.8 Å². The van der Waals surface area contributed by atoms with E-state index in [0.29, 0.717) is 0 Å². The van der Waals surface area contributed by atoms with Gasteiger partial charge in [-0.3, -0.25) is 4.90 Å². The Hall–Kier alpha value is -1.19. The number of benzene rings is 1. The molecule has 1 aromatic rings. The van der Waals surface area contributed by atoms with Gasteiger partial charge in [0.15, 0.2) is 0 Å². The number of halogens is 1. The van der Waals surface area contributed by atoms with Gasteiger partial charge >= 0.3 is 0 Å². The largest absolute Gasteiger partial charge is 0.314 e. The third-order valence-electron chi connectivity index (χ3n) is 4.15. The van der Waals surface area contributed by atoms with E-state index >= 15 is 0 Å². The van der Waals surface area contributed by atoms with Crippen molar-refractivity contribution in [2.45, 2.75) is 19.3 Å². The Balaban J connectivity index is 1.77. The van der Waals surface area contributed by atoms with Gasteiger partial charge in [0.25, 0.3) is 0 Å². The van der Waals surface area contributed by atoms with Crippen LogP contribution in [0.5, 0.6) is 0 Å². The van der Waals surface area contributed by atoms with Crippen molar-refractivity contribution in [2.75, 3.05) is 32.7 Å². The van der Waals surface area contributed by atoms with Crippen LogP contribution < -0.4 is 5.32 Å². The van der Waals surface area contributed by atoms with Gasteiger partial charge in [-0.2, -0.15) is 0 Å². The van der Waals surface area contributed by atoms with Gasteiger partial charge in [0, 0.05) is 32.7 Å². The topological polar surface area (TPSA) is 15.3 Å². The zero-order valence-electron chi connectivity index (χ0n) is 11.3. The summed E-state index contributed by atoms with van der Waals surface area (Å²) in [5.41, 5.74) is 4.23. The third kappa shape index (κ3) is 3.04. The highest BCUT2D eigenvalue weighted by atomic mass is 19.1. The molecule has 2 nitrogen and oxygen atoms in total. The summed E-state index contributed by atoms with van der Waals surface area (Å²) in [5, 5.41) is 3.39. The van der Waals surface area contributed by atoms with Crippen LogP contribution in [0.4, 0.5) is 4.39 Å². The van der Waals surface area contributed by atoms with Crippen molar-refractivity contribution in [1.29, 1.82) is 0 Å². The van der Waals surface area contributed by atoms with Crippen LogP contribution in [-0.4, -0.2) is 37.6 Å². The molecule has 1 fully saturated rings. The SMILES string of the molecule is Fc1ccc(C2=C(CN3CCNCC3)CCC2)cc1. The van der Waals surface area contributed by atoms with Crippen LogP contribution in [0.2, 0.25) is 0 Å².